The second-order valence-electron chi connectivity index (χ2n) is 4.65. The predicted octanol–water partition coefficient (Wildman–Crippen LogP) is 1.64. The average molecular weight is 260 g/mol. The van der Waals surface area contributed by atoms with E-state index < -0.39 is 0 Å². The standard InChI is InChI=1S/C13H16N4O2/c1-19-11-7-6-9(8-4-2-3-5-10(8)18)17-12(11)15-13(14)16-17/h2-5,9,11,18H,6-7H2,1H3,(H2,14,16). The molecule has 2 atom stereocenters. The third-order valence-electron chi connectivity index (χ3n) is 3.54. The van der Waals surface area contributed by atoms with E-state index in [2.05, 4.69) is 10.1 Å². The maximum Gasteiger partial charge on any atom is 0.239 e. The first-order chi connectivity index (χ1) is 9.20. The van der Waals surface area contributed by atoms with Crippen molar-refractivity contribution in [1.29, 1.82) is 0 Å². The number of phenols is 1. The first-order valence-electron chi connectivity index (χ1n) is 6.23. The molecule has 2 aromatic rings. The summed E-state index contributed by atoms with van der Waals surface area (Å²) in [5.74, 6) is 1.22. The fourth-order valence-corrected chi connectivity index (χ4v) is 2.64. The molecule has 6 nitrogen and oxygen atoms in total. The van der Waals surface area contributed by atoms with Crippen molar-refractivity contribution in [3.8, 4) is 5.75 Å². The summed E-state index contributed by atoms with van der Waals surface area (Å²) >= 11 is 0. The van der Waals surface area contributed by atoms with Crippen molar-refractivity contribution in [2.45, 2.75) is 25.0 Å². The molecule has 0 amide bonds. The zero-order valence-corrected chi connectivity index (χ0v) is 10.7. The predicted molar refractivity (Wildman–Crippen MR) is 69.7 cm³/mol. The summed E-state index contributed by atoms with van der Waals surface area (Å²) in [4.78, 5) is 4.23. The molecule has 0 aliphatic carbocycles. The summed E-state index contributed by atoms with van der Waals surface area (Å²) in [6, 6.07) is 7.23. The van der Waals surface area contributed by atoms with Gasteiger partial charge in [-0.3, -0.25) is 0 Å². The lowest BCUT2D eigenvalue weighted by Gasteiger charge is -2.28. The van der Waals surface area contributed by atoms with Gasteiger partial charge in [0, 0.05) is 12.7 Å². The molecule has 0 saturated heterocycles. The molecule has 6 heteroatoms. The molecule has 2 heterocycles. The molecule has 3 rings (SSSR count). The SMILES string of the molecule is COC1CCC(c2ccccc2O)n2nc(N)nc21. The monoisotopic (exact) mass is 260 g/mol. The fourth-order valence-electron chi connectivity index (χ4n) is 2.64. The summed E-state index contributed by atoms with van der Waals surface area (Å²) in [7, 11) is 1.65. The Kier molecular flexibility index (Phi) is 2.87. The molecule has 3 N–H and O–H groups in total. The van der Waals surface area contributed by atoms with E-state index >= 15 is 0 Å². The van der Waals surface area contributed by atoms with Gasteiger partial charge < -0.3 is 15.6 Å². The molecular formula is C13H16N4O2. The van der Waals surface area contributed by atoms with Gasteiger partial charge in [0.15, 0.2) is 5.82 Å². The molecular weight excluding hydrogens is 244 g/mol. The summed E-state index contributed by atoms with van der Waals surface area (Å²) < 4.78 is 7.17. The maximum absolute atomic E-state index is 9.99. The van der Waals surface area contributed by atoms with Crippen molar-refractivity contribution in [1.82, 2.24) is 14.8 Å². The number of phenolic OH excluding ortho intramolecular Hbond substituents is 1. The van der Waals surface area contributed by atoms with Gasteiger partial charge in [-0.05, 0) is 18.9 Å². The van der Waals surface area contributed by atoms with E-state index in [1.54, 1.807) is 23.9 Å². The van der Waals surface area contributed by atoms with E-state index in [1.807, 2.05) is 12.1 Å². The summed E-state index contributed by atoms with van der Waals surface area (Å²) in [5, 5.41) is 14.2. The highest BCUT2D eigenvalue weighted by molar-refractivity contribution is 5.36. The summed E-state index contributed by atoms with van der Waals surface area (Å²) in [5.41, 5.74) is 6.53. The van der Waals surface area contributed by atoms with Crippen molar-refractivity contribution in [2.24, 2.45) is 0 Å². The average Bonchev–Trinajstić information content (AvgIpc) is 2.80. The highest BCUT2D eigenvalue weighted by Gasteiger charge is 2.32. The smallest absolute Gasteiger partial charge is 0.239 e. The van der Waals surface area contributed by atoms with Gasteiger partial charge >= 0.3 is 0 Å². The number of aromatic hydroxyl groups is 1. The first kappa shape index (κ1) is 12.0. The van der Waals surface area contributed by atoms with Crippen molar-refractivity contribution < 1.29 is 9.84 Å². The van der Waals surface area contributed by atoms with E-state index in [0.717, 1.165) is 24.2 Å². The van der Waals surface area contributed by atoms with Crippen molar-refractivity contribution in [3.63, 3.8) is 0 Å². The van der Waals surface area contributed by atoms with Crippen LogP contribution in [0.3, 0.4) is 0 Å². The highest BCUT2D eigenvalue weighted by atomic mass is 16.5. The number of hydrogen-bond donors (Lipinski definition) is 2. The Morgan fingerprint density at radius 3 is 2.89 bits per heavy atom. The lowest BCUT2D eigenvalue weighted by atomic mass is 9.95. The van der Waals surface area contributed by atoms with Gasteiger partial charge in [-0.2, -0.15) is 4.98 Å². The fraction of sp³-hybridized carbons (Fsp3) is 0.385. The molecule has 1 aliphatic heterocycles. The van der Waals surface area contributed by atoms with Gasteiger partial charge in [0.2, 0.25) is 5.95 Å². The Bertz CT molecular complexity index is 596. The molecule has 2 unspecified atom stereocenters. The van der Waals surface area contributed by atoms with Crippen LogP contribution in [-0.2, 0) is 4.74 Å². The number of benzene rings is 1. The number of methoxy groups -OCH3 is 1. The topological polar surface area (TPSA) is 86.2 Å². The Morgan fingerprint density at radius 2 is 2.16 bits per heavy atom. The van der Waals surface area contributed by atoms with Crippen LogP contribution in [0.4, 0.5) is 5.95 Å². The number of para-hydroxylation sites is 1. The van der Waals surface area contributed by atoms with Crippen molar-refractivity contribution >= 4 is 5.95 Å². The van der Waals surface area contributed by atoms with Crippen LogP contribution in [0, 0.1) is 0 Å². The summed E-state index contributed by atoms with van der Waals surface area (Å²) in [6.07, 6.45) is 1.56. The van der Waals surface area contributed by atoms with Crippen LogP contribution < -0.4 is 5.73 Å². The largest absolute Gasteiger partial charge is 0.508 e. The van der Waals surface area contributed by atoms with E-state index in [0.29, 0.717) is 0 Å². The van der Waals surface area contributed by atoms with Crippen molar-refractivity contribution in [3.05, 3.63) is 35.7 Å². The van der Waals surface area contributed by atoms with Crippen LogP contribution in [0.25, 0.3) is 0 Å². The third-order valence-corrected chi connectivity index (χ3v) is 3.54. The quantitative estimate of drug-likeness (QED) is 0.857. The maximum atomic E-state index is 9.99. The zero-order chi connectivity index (χ0) is 13.4. The number of nitrogens with two attached hydrogens (primary N) is 1. The van der Waals surface area contributed by atoms with E-state index in [9.17, 15) is 5.11 Å². The molecule has 0 saturated carbocycles. The van der Waals surface area contributed by atoms with Gasteiger partial charge in [0.1, 0.15) is 11.9 Å². The molecule has 0 bridgehead atoms. The summed E-state index contributed by atoms with van der Waals surface area (Å²) in [6.45, 7) is 0. The minimum atomic E-state index is -0.0908. The van der Waals surface area contributed by atoms with E-state index in [-0.39, 0.29) is 23.8 Å². The van der Waals surface area contributed by atoms with Crippen LogP contribution in [0.5, 0.6) is 5.75 Å². The van der Waals surface area contributed by atoms with Crippen LogP contribution in [0.1, 0.15) is 36.4 Å². The second kappa shape index (κ2) is 4.55. The molecule has 19 heavy (non-hydrogen) atoms. The van der Waals surface area contributed by atoms with Gasteiger partial charge in [-0.25, -0.2) is 4.68 Å². The number of ether oxygens (including phenoxy) is 1. The molecule has 100 valence electrons. The van der Waals surface area contributed by atoms with E-state index in [4.69, 9.17) is 10.5 Å². The van der Waals surface area contributed by atoms with Gasteiger partial charge in [0.05, 0.1) is 6.04 Å². The Labute approximate surface area is 110 Å². The minimum absolute atomic E-state index is 0.0487. The van der Waals surface area contributed by atoms with Crippen molar-refractivity contribution in [2.75, 3.05) is 12.8 Å². The number of hydrogen-bond acceptors (Lipinski definition) is 5. The minimum Gasteiger partial charge on any atom is -0.508 e. The molecule has 0 fully saturated rings. The Morgan fingerprint density at radius 1 is 1.37 bits per heavy atom. The van der Waals surface area contributed by atoms with Crippen LogP contribution >= 0.6 is 0 Å². The number of aromatic nitrogens is 3. The van der Waals surface area contributed by atoms with Gasteiger partial charge in [-0.15, -0.1) is 5.10 Å². The Balaban J connectivity index is 2.08. The van der Waals surface area contributed by atoms with Gasteiger partial charge in [0.25, 0.3) is 0 Å². The van der Waals surface area contributed by atoms with Gasteiger partial charge in [-0.1, -0.05) is 18.2 Å². The van der Waals surface area contributed by atoms with Crippen LogP contribution in [0.15, 0.2) is 24.3 Å². The molecule has 1 aromatic heterocycles. The second-order valence-corrected chi connectivity index (χ2v) is 4.65. The first-order valence-corrected chi connectivity index (χ1v) is 6.23. The van der Waals surface area contributed by atoms with Crippen LogP contribution in [-0.4, -0.2) is 27.0 Å². The van der Waals surface area contributed by atoms with Crippen LogP contribution in [0.2, 0.25) is 0 Å². The number of fused-ring (bicyclic) bond motifs is 1. The third kappa shape index (κ3) is 1.94. The number of nitrogens with zero attached hydrogens (tertiary/aromatic N) is 3. The zero-order valence-electron chi connectivity index (χ0n) is 10.7. The molecule has 0 spiro atoms. The molecule has 1 aromatic carbocycles. The number of nitrogen functional groups attached to an aromatic ring is 1. The molecule has 0 radical (unpaired) electrons. The lowest BCUT2D eigenvalue weighted by Crippen LogP contribution is -2.24. The number of anilines is 1. The Hall–Kier alpha value is -2.08. The normalized spacial score (nSPS) is 22.2. The number of rotatable bonds is 2. The molecule has 1 aliphatic rings. The lowest BCUT2D eigenvalue weighted by molar-refractivity contribution is 0.0646. The highest BCUT2D eigenvalue weighted by Crippen LogP contribution is 2.39. The van der Waals surface area contributed by atoms with E-state index in [1.165, 1.54) is 0 Å².